The largest absolute Gasteiger partial charge is 0.399 e. The highest BCUT2D eigenvalue weighted by molar-refractivity contribution is 7.99. The summed E-state index contributed by atoms with van der Waals surface area (Å²) < 4.78 is 0. The van der Waals surface area contributed by atoms with Crippen molar-refractivity contribution in [3.63, 3.8) is 0 Å². The number of hydrogen-bond acceptors (Lipinski definition) is 3. The van der Waals surface area contributed by atoms with Gasteiger partial charge in [0.05, 0.1) is 0 Å². The van der Waals surface area contributed by atoms with E-state index in [1.165, 1.54) is 15.7 Å². The van der Waals surface area contributed by atoms with Crippen molar-refractivity contribution in [2.75, 3.05) is 11.5 Å². The molecule has 4 N–H and O–H groups in total. The van der Waals surface area contributed by atoms with Crippen LogP contribution in [0.4, 0.5) is 11.4 Å². The van der Waals surface area contributed by atoms with Crippen molar-refractivity contribution in [1.29, 1.82) is 0 Å². The molecule has 122 valence electrons. The lowest BCUT2D eigenvalue weighted by atomic mass is 10.00. The number of fused-ring (bicyclic) bond motifs is 1. The van der Waals surface area contributed by atoms with Crippen LogP contribution < -0.4 is 11.5 Å². The summed E-state index contributed by atoms with van der Waals surface area (Å²) in [5, 5.41) is 2.45. The van der Waals surface area contributed by atoms with Crippen molar-refractivity contribution in [3.8, 4) is 11.1 Å². The quantitative estimate of drug-likeness (QED) is 0.461. The molecule has 0 aliphatic carbocycles. The van der Waals surface area contributed by atoms with Gasteiger partial charge in [-0.05, 0) is 58.8 Å². The van der Waals surface area contributed by atoms with Gasteiger partial charge in [0.2, 0.25) is 0 Å². The average molecular weight is 342 g/mol. The van der Waals surface area contributed by atoms with Gasteiger partial charge < -0.3 is 11.5 Å². The molecule has 0 atom stereocenters. The van der Waals surface area contributed by atoms with Gasteiger partial charge in [0, 0.05) is 26.7 Å². The SMILES string of the molecule is Nc1ccc(Sc2cc(-c3ccccc3N)cc3ccccc23)cc1. The third kappa shape index (κ3) is 3.19. The van der Waals surface area contributed by atoms with E-state index in [-0.39, 0.29) is 0 Å². The van der Waals surface area contributed by atoms with Gasteiger partial charge in [-0.2, -0.15) is 0 Å². The predicted octanol–water partition coefficient (Wildman–Crippen LogP) is 5.82. The van der Waals surface area contributed by atoms with Gasteiger partial charge in [0.1, 0.15) is 0 Å². The van der Waals surface area contributed by atoms with Crippen LogP contribution in [0.5, 0.6) is 0 Å². The Morgan fingerprint density at radius 3 is 2.20 bits per heavy atom. The Morgan fingerprint density at radius 1 is 0.680 bits per heavy atom. The maximum atomic E-state index is 6.20. The van der Waals surface area contributed by atoms with E-state index in [9.17, 15) is 0 Å². The number of benzene rings is 4. The number of rotatable bonds is 3. The maximum absolute atomic E-state index is 6.20. The summed E-state index contributed by atoms with van der Waals surface area (Å²) in [5.41, 5.74) is 15.8. The highest BCUT2D eigenvalue weighted by atomic mass is 32.2. The van der Waals surface area contributed by atoms with Gasteiger partial charge in [-0.25, -0.2) is 0 Å². The van der Waals surface area contributed by atoms with Gasteiger partial charge in [-0.1, -0.05) is 54.2 Å². The molecule has 0 saturated carbocycles. The zero-order chi connectivity index (χ0) is 17.2. The summed E-state index contributed by atoms with van der Waals surface area (Å²) in [6.45, 7) is 0. The minimum absolute atomic E-state index is 0.778. The van der Waals surface area contributed by atoms with Gasteiger partial charge in [-0.3, -0.25) is 0 Å². The maximum Gasteiger partial charge on any atom is 0.0393 e. The fraction of sp³-hybridized carbons (Fsp3) is 0. The van der Waals surface area contributed by atoms with Gasteiger partial charge in [0.15, 0.2) is 0 Å². The molecule has 3 heteroatoms. The molecule has 4 rings (SSSR count). The Hall–Kier alpha value is -2.91. The second kappa shape index (κ2) is 6.54. The Morgan fingerprint density at radius 2 is 1.40 bits per heavy atom. The summed E-state index contributed by atoms with van der Waals surface area (Å²) in [6, 6.07) is 28.8. The second-order valence-corrected chi connectivity index (χ2v) is 7.07. The molecule has 0 radical (unpaired) electrons. The Balaban J connectivity index is 1.87. The monoisotopic (exact) mass is 342 g/mol. The summed E-state index contributed by atoms with van der Waals surface area (Å²) in [7, 11) is 0. The zero-order valence-electron chi connectivity index (χ0n) is 13.6. The summed E-state index contributed by atoms with van der Waals surface area (Å²) >= 11 is 1.74. The molecule has 0 aliphatic rings. The Labute approximate surface area is 151 Å². The van der Waals surface area contributed by atoms with E-state index in [0.717, 1.165) is 27.4 Å². The van der Waals surface area contributed by atoms with Crippen molar-refractivity contribution in [1.82, 2.24) is 0 Å². The molecular formula is C22H18N2S. The zero-order valence-corrected chi connectivity index (χ0v) is 14.5. The third-order valence-corrected chi connectivity index (χ3v) is 5.27. The van der Waals surface area contributed by atoms with Crippen LogP contribution >= 0.6 is 11.8 Å². The van der Waals surface area contributed by atoms with E-state index < -0.39 is 0 Å². The average Bonchev–Trinajstić information content (AvgIpc) is 2.64. The normalized spacial score (nSPS) is 10.9. The van der Waals surface area contributed by atoms with Gasteiger partial charge in [0.25, 0.3) is 0 Å². The number of hydrogen-bond donors (Lipinski definition) is 2. The van der Waals surface area contributed by atoms with E-state index in [0.29, 0.717) is 0 Å². The summed E-state index contributed by atoms with van der Waals surface area (Å²) in [6.07, 6.45) is 0. The highest BCUT2D eigenvalue weighted by Crippen LogP contribution is 2.38. The van der Waals surface area contributed by atoms with Crippen molar-refractivity contribution in [2.24, 2.45) is 0 Å². The molecule has 0 saturated heterocycles. The predicted molar refractivity (Wildman–Crippen MR) is 109 cm³/mol. The van der Waals surface area contributed by atoms with Crippen LogP contribution in [0, 0.1) is 0 Å². The van der Waals surface area contributed by atoms with Gasteiger partial charge in [-0.15, -0.1) is 0 Å². The fourth-order valence-electron chi connectivity index (χ4n) is 2.94. The highest BCUT2D eigenvalue weighted by Gasteiger charge is 2.09. The van der Waals surface area contributed by atoms with Crippen molar-refractivity contribution >= 4 is 33.9 Å². The first-order valence-corrected chi connectivity index (χ1v) is 8.93. The standard InChI is InChI=1S/C22H18N2S/c23-17-9-11-18(12-10-17)25-22-14-16(19-6-3-4-8-21(19)24)13-15-5-1-2-7-20(15)22/h1-14H,23-24H2. The second-order valence-electron chi connectivity index (χ2n) is 5.95. The summed E-state index contributed by atoms with van der Waals surface area (Å²) in [5.74, 6) is 0. The van der Waals surface area contributed by atoms with E-state index in [4.69, 9.17) is 11.5 Å². The molecule has 0 spiro atoms. The van der Waals surface area contributed by atoms with Crippen LogP contribution in [0.15, 0.2) is 94.7 Å². The Kier molecular flexibility index (Phi) is 4.08. The molecule has 25 heavy (non-hydrogen) atoms. The number of anilines is 2. The van der Waals surface area contributed by atoms with E-state index in [1.54, 1.807) is 11.8 Å². The van der Waals surface area contributed by atoms with Crippen LogP contribution in [-0.2, 0) is 0 Å². The first-order valence-electron chi connectivity index (χ1n) is 8.12. The molecule has 0 fully saturated rings. The molecule has 0 bridgehead atoms. The van der Waals surface area contributed by atoms with Crippen LogP contribution in [0.2, 0.25) is 0 Å². The number of nitrogen functional groups attached to an aromatic ring is 2. The van der Waals surface area contributed by atoms with Crippen LogP contribution in [-0.4, -0.2) is 0 Å². The molecule has 0 aromatic heterocycles. The van der Waals surface area contributed by atoms with Crippen molar-refractivity contribution < 1.29 is 0 Å². The third-order valence-electron chi connectivity index (χ3n) is 4.20. The lowest BCUT2D eigenvalue weighted by molar-refractivity contribution is 1.43. The topological polar surface area (TPSA) is 52.0 Å². The number of nitrogens with two attached hydrogens (primary N) is 2. The van der Waals surface area contributed by atoms with E-state index >= 15 is 0 Å². The van der Waals surface area contributed by atoms with E-state index in [1.807, 2.05) is 30.3 Å². The van der Waals surface area contributed by atoms with Crippen molar-refractivity contribution in [3.05, 3.63) is 84.9 Å². The summed E-state index contributed by atoms with van der Waals surface area (Å²) in [4.78, 5) is 2.37. The molecular weight excluding hydrogens is 324 g/mol. The molecule has 0 unspecified atom stereocenters. The first kappa shape index (κ1) is 15.6. The lowest BCUT2D eigenvalue weighted by Gasteiger charge is -2.12. The lowest BCUT2D eigenvalue weighted by Crippen LogP contribution is -1.90. The number of para-hydroxylation sites is 1. The molecule has 4 aromatic carbocycles. The molecule has 0 amide bonds. The van der Waals surface area contributed by atoms with Crippen molar-refractivity contribution in [2.45, 2.75) is 9.79 Å². The van der Waals surface area contributed by atoms with E-state index in [2.05, 4.69) is 54.6 Å². The molecule has 2 nitrogen and oxygen atoms in total. The van der Waals surface area contributed by atoms with Crippen LogP contribution in [0.1, 0.15) is 0 Å². The molecule has 0 heterocycles. The first-order chi connectivity index (χ1) is 12.2. The fourth-order valence-corrected chi connectivity index (χ4v) is 3.95. The smallest absolute Gasteiger partial charge is 0.0393 e. The van der Waals surface area contributed by atoms with Crippen LogP contribution in [0.25, 0.3) is 21.9 Å². The van der Waals surface area contributed by atoms with Gasteiger partial charge >= 0.3 is 0 Å². The molecule has 4 aromatic rings. The minimum Gasteiger partial charge on any atom is -0.399 e. The Bertz CT molecular complexity index is 1040. The minimum atomic E-state index is 0.778. The molecule has 0 aliphatic heterocycles. The van der Waals surface area contributed by atoms with Crippen LogP contribution in [0.3, 0.4) is 0 Å².